The third-order valence-corrected chi connectivity index (χ3v) is 2.50. The molecule has 1 saturated heterocycles. The second-order valence-electron chi connectivity index (χ2n) is 3.25. The molecule has 0 aromatic carbocycles. The number of hydrogen-bond donors (Lipinski definition) is 0. The van der Waals surface area contributed by atoms with Crippen LogP contribution in [0.5, 0.6) is 0 Å². The number of nitrogens with zero attached hydrogens (tertiary/aromatic N) is 1. The summed E-state index contributed by atoms with van der Waals surface area (Å²) in [6.07, 6.45) is -3.42. The van der Waals surface area contributed by atoms with E-state index < -0.39 is 12.1 Å². The summed E-state index contributed by atoms with van der Waals surface area (Å²) in [5.41, 5.74) is 0. The molecule has 0 atom stereocenters. The molecule has 0 unspecified atom stereocenters. The predicted octanol–water partition coefficient (Wildman–Crippen LogP) is 2.28. The van der Waals surface area contributed by atoms with E-state index in [4.69, 9.17) is 0 Å². The largest absolute Gasteiger partial charge is 0.391 e. The highest BCUT2D eigenvalue weighted by Crippen LogP contribution is 2.33. The second kappa shape index (κ2) is 3.64. The minimum Gasteiger partial charge on any atom is -0.304 e. The summed E-state index contributed by atoms with van der Waals surface area (Å²) in [6.45, 7) is 4.04. The highest BCUT2D eigenvalue weighted by molar-refractivity contribution is 4.76. The third-order valence-electron chi connectivity index (χ3n) is 2.50. The van der Waals surface area contributed by atoms with Crippen LogP contribution in [-0.2, 0) is 0 Å². The Kier molecular flexibility index (Phi) is 2.99. The fourth-order valence-corrected chi connectivity index (χ4v) is 1.58. The number of hydrogen-bond acceptors (Lipinski definition) is 1. The van der Waals surface area contributed by atoms with E-state index in [1.54, 1.807) is 0 Å². The molecule has 0 bridgehead atoms. The number of halogens is 3. The maximum atomic E-state index is 12.2. The van der Waals surface area contributed by atoms with E-state index in [0.29, 0.717) is 13.1 Å². The molecule has 1 heterocycles. The van der Waals surface area contributed by atoms with Crippen molar-refractivity contribution in [3.63, 3.8) is 0 Å². The average Bonchev–Trinajstić information content (AvgIpc) is 2.03. The van der Waals surface area contributed by atoms with Gasteiger partial charge >= 0.3 is 6.18 Å². The van der Waals surface area contributed by atoms with Crippen molar-refractivity contribution in [2.24, 2.45) is 5.92 Å². The predicted molar refractivity (Wildman–Crippen MR) is 40.9 cm³/mol. The van der Waals surface area contributed by atoms with Gasteiger partial charge in [-0.3, -0.25) is 0 Å². The van der Waals surface area contributed by atoms with Gasteiger partial charge in [0.2, 0.25) is 0 Å². The van der Waals surface area contributed by atoms with Crippen LogP contribution in [0.4, 0.5) is 13.2 Å². The molecule has 0 radical (unpaired) electrons. The number of piperidine rings is 1. The number of rotatable bonds is 1. The molecule has 1 aliphatic rings. The molecule has 0 spiro atoms. The van der Waals surface area contributed by atoms with E-state index in [-0.39, 0.29) is 12.8 Å². The van der Waals surface area contributed by atoms with E-state index in [0.717, 1.165) is 6.54 Å². The maximum Gasteiger partial charge on any atom is 0.391 e. The Bertz CT molecular complexity index is 136. The molecule has 1 nitrogen and oxygen atoms in total. The van der Waals surface area contributed by atoms with Crippen LogP contribution in [0.3, 0.4) is 0 Å². The summed E-state index contributed by atoms with van der Waals surface area (Å²) in [7, 11) is 0. The molecular weight excluding hydrogens is 167 g/mol. The van der Waals surface area contributed by atoms with Crippen LogP contribution < -0.4 is 0 Å². The fraction of sp³-hybridized carbons (Fsp3) is 1.00. The molecule has 1 aliphatic heterocycles. The van der Waals surface area contributed by atoms with Gasteiger partial charge in [0.05, 0.1) is 5.92 Å². The zero-order valence-electron chi connectivity index (χ0n) is 7.19. The van der Waals surface area contributed by atoms with E-state index in [2.05, 4.69) is 4.90 Å². The van der Waals surface area contributed by atoms with Crippen molar-refractivity contribution in [3.05, 3.63) is 0 Å². The van der Waals surface area contributed by atoms with Crippen molar-refractivity contribution in [3.8, 4) is 0 Å². The van der Waals surface area contributed by atoms with Gasteiger partial charge in [-0.25, -0.2) is 0 Å². The van der Waals surface area contributed by atoms with Gasteiger partial charge in [0.15, 0.2) is 0 Å². The van der Waals surface area contributed by atoms with Crippen molar-refractivity contribution in [1.82, 2.24) is 4.90 Å². The zero-order chi connectivity index (χ0) is 9.19. The van der Waals surface area contributed by atoms with Crippen LogP contribution in [0.1, 0.15) is 19.8 Å². The average molecular weight is 181 g/mol. The van der Waals surface area contributed by atoms with Crippen LogP contribution in [0.15, 0.2) is 0 Å². The van der Waals surface area contributed by atoms with Gasteiger partial charge in [-0.05, 0) is 32.5 Å². The van der Waals surface area contributed by atoms with Crippen molar-refractivity contribution in [2.75, 3.05) is 19.6 Å². The first kappa shape index (κ1) is 9.84. The van der Waals surface area contributed by atoms with E-state index >= 15 is 0 Å². The lowest BCUT2D eigenvalue weighted by Crippen LogP contribution is -2.38. The standard InChI is InChI=1S/C8H14F3N/c1-2-12-5-3-7(4-6-12)8(9,10)11/h7H,2-6H2,1H3. The molecule has 4 heteroatoms. The Morgan fingerprint density at radius 2 is 1.75 bits per heavy atom. The SMILES string of the molecule is CCN1CCC(C(F)(F)F)CC1. The second-order valence-corrected chi connectivity index (χ2v) is 3.25. The summed E-state index contributed by atoms with van der Waals surface area (Å²) in [4.78, 5) is 2.06. The third kappa shape index (κ3) is 2.37. The van der Waals surface area contributed by atoms with Gasteiger partial charge in [0.1, 0.15) is 0 Å². The van der Waals surface area contributed by atoms with Gasteiger partial charge in [-0.15, -0.1) is 0 Å². The highest BCUT2D eigenvalue weighted by atomic mass is 19.4. The molecule has 12 heavy (non-hydrogen) atoms. The molecule has 0 saturated carbocycles. The Labute approximate surface area is 70.5 Å². The smallest absolute Gasteiger partial charge is 0.304 e. The van der Waals surface area contributed by atoms with Crippen LogP contribution in [0.25, 0.3) is 0 Å². The molecule has 72 valence electrons. The van der Waals surface area contributed by atoms with Crippen molar-refractivity contribution in [2.45, 2.75) is 25.9 Å². The summed E-state index contributed by atoms with van der Waals surface area (Å²) in [5.74, 6) is -1.06. The fourth-order valence-electron chi connectivity index (χ4n) is 1.58. The van der Waals surface area contributed by atoms with Crippen molar-refractivity contribution < 1.29 is 13.2 Å². The van der Waals surface area contributed by atoms with Gasteiger partial charge in [-0.2, -0.15) is 13.2 Å². The van der Waals surface area contributed by atoms with Gasteiger partial charge < -0.3 is 4.90 Å². The van der Waals surface area contributed by atoms with Crippen molar-refractivity contribution in [1.29, 1.82) is 0 Å². The summed E-state index contributed by atoms with van der Waals surface area (Å²) in [5, 5.41) is 0. The Morgan fingerprint density at radius 1 is 1.25 bits per heavy atom. The topological polar surface area (TPSA) is 3.24 Å². The maximum absolute atomic E-state index is 12.2. The van der Waals surface area contributed by atoms with Gasteiger partial charge in [-0.1, -0.05) is 6.92 Å². The van der Waals surface area contributed by atoms with Crippen LogP contribution in [0.2, 0.25) is 0 Å². The summed E-state index contributed by atoms with van der Waals surface area (Å²) < 4.78 is 36.5. The quantitative estimate of drug-likeness (QED) is 0.600. The van der Waals surface area contributed by atoms with Crippen molar-refractivity contribution >= 4 is 0 Å². The van der Waals surface area contributed by atoms with Crippen LogP contribution >= 0.6 is 0 Å². The van der Waals surface area contributed by atoms with E-state index in [1.807, 2.05) is 6.92 Å². The zero-order valence-corrected chi connectivity index (χ0v) is 7.19. The lowest BCUT2D eigenvalue weighted by molar-refractivity contribution is -0.184. The summed E-state index contributed by atoms with van der Waals surface area (Å²) in [6, 6.07) is 0. The lowest BCUT2D eigenvalue weighted by atomic mass is 9.96. The Balaban J connectivity index is 2.36. The van der Waals surface area contributed by atoms with Crippen LogP contribution in [-0.4, -0.2) is 30.7 Å². The lowest BCUT2D eigenvalue weighted by Gasteiger charge is -2.31. The van der Waals surface area contributed by atoms with Gasteiger partial charge in [0, 0.05) is 0 Å². The molecule has 0 aromatic heterocycles. The van der Waals surface area contributed by atoms with E-state index in [1.165, 1.54) is 0 Å². The normalized spacial score (nSPS) is 23.0. The first-order chi connectivity index (χ1) is 5.54. The molecule has 0 aromatic rings. The molecule has 1 rings (SSSR count). The molecule has 0 aliphatic carbocycles. The molecular formula is C8H14F3N. The molecule has 1 fully saturated rings. The first-order valence-corrected chi connectivity index (χ1v) is 4.33. The van der Waals surface area contributed by atoms with Gasteiger partial charge in [0.25, 0.3) is 0 Å². The summed E-state index contributed by atoms with van der Waals surface area (Å²) >= 11 is 0. The Hall–Kier alpha value is -0.250. The molecule has 0 N–H and O–H groups in total. The first-order valence-electron chi connectivity index (χ1n) is 4.33. The minimum absolute atomic E-state index is 0.275. The number of likely N-dealkylation sites (tertiary alicyclic amines) is 1. The minimum atomic E-state index is -3.97. The monoisotopic (exact) mass is 181 g/mol. The van der Waals surface area contributed by atoms with Crippen LogP contribution in [0, 0.1) is 5.92 Å². The molecule has 0 amide bonds. The number of alkyl halides is 3. The highest BCUT2D eigenvalue weighted by Gasteiger charge is 2.40. The van der Waals surface area contributed by atoms with E-state index in [9.17, 15) is 13.2 Å². The Morgan fingerprint density at radius 3 is 2.08 bits per heavy atom.